The highest BCUT2D eigenvalue weighted by Crippen LogP contribution is 2.30. The lowest BCUT2D eigenvalue weighted by atomic mass is 10.1. The summed E-state index contributed by atoms with van der Waals surface area (Å²) in [4.78, 5) is 14.0. The minimum atomic E-state index is -0.262. The van der Waals surface area contributed by atoms with Crippen molar-refractivity contribution in [2.24, 2.45) is 0 Å². The Balaban J connectivity index is 1.08. The monoisotopic (exact) mass is 421 g/mol. The zero-order chi connectivity index (χ0) is 20.8. The number of nitrogens with zero attached hydrogens (tertiary/aromatic N) is 1. The number of fused-ring (bicyclic) bond motifs is 1. The number of piperidine rings is 1. The number of methoxy groups -OCH3 is 1. The standard InChI is InChI=1S/C22H31NO7/c1-25-18-14-28-21-19(15-29-20(18)21)27-12-11-26-17-7-9-23(10-8-17)22(24)30-13-16-5-3-2-4-6-16/h2-6,17-21H,7-15H2,1H3/t18-,19-,20-,21-/m1/s1. The van der Waals surface area contributed by atoms with E-state index in [2.05, 4.69) is 0 Å². The number of benzene rings is 1. The first kappa shape index (κ1) is 21.5. The van der Waals surface area contributed by atoms with Gasteiger partial charge >= 0.3 is 6.09 Å². The van der Waals surface area contributed by atoms with Crippen molar-refractivity contribution < 1.29 is 33.2 Å². The molecule has 3 fully saturated rings. The van der Waals surface area contributed by atoms with Gasteiger partial charge in [0.2, 0.25) is 0 Å². The molecule has 166 valence electrons. The fourth-order valence-corrected chi connectivity index (χ4v) is 4.20. The first-order valence-electron chi connectivity index (χ1n) is 10.7. The Morgan fingerprint density at radius 1 is 1.00 bits per heavy atom. The van der Waals surface area contributed by atoms with Crippen LogP contribution in [0.25, 0.3) is 0 Å². The van der Waals surface area contributed by atoms with Gasteiger partial charge in [0.15, 0.2) is 0 Å². The number of carbonyl (C=O) groups is 1. The lowest BCUT2D eigenvalue weighted by Crippen LogP contribution is -2.41. The first-order chi connectivity index (χ1) is 14.7. The number of likely N-dealkylation sites (tertiary alicyclic amines) is 1. The summed E-state index contributed by atoms with van der Waals surface area (Å²) in [5.74, 6) is 0. The molecule has 4 atom stereocenters. The third-order valence-electron chi connectivity index (χ3n) is 5.94. The Bertz CT molecular complexity index is 665. The van der Waals surface area contributed by atoms with Crippen molar-refractivity contribution >= 4 is 6.09 Å². The topological polar surface area (TPSA) is 75.7 Å². The lowest BCUT2D eigenvalue weighted by molar-refractivity contribution is -0.0709. The quantitative estimate of drug-likeness (QED) is 0.594. The summed E-state index contributed by atoms with van der Waals surface area (Å²) in [6.07, 6.45) is 1.31. The Labute approximate surface area is 177 Å². The van der Waals surface area contributed by atoms with Crippen molar-refractivity contribution in [1.29, 1.82) is 0 Å². The largest absolute Gasteiger partial charge is 0.445 e. The minimum Gasteiger partial charge on any atom is -0.445 e. The van der Waals surface area contributed by atoms with E-state index in [0.29, 0.717) is 46.1 Å². The molecule has 0 radical (unpaired) electrons. The minimum absolute atomic E-state index is 0.00980. The fraction of sp³-hybridized carbons (Fsp3) is 0.682. The van der Waals surface area contributed by atoms with E-state index in [1.54, 1.807) is 12.0 Å². The molecule has 3 saturated heterocycles. The van der Waals surface area contributed by atoms with Crippen LogP contribution in [0.4, 0.5) is 4.79 Å². The number of rotatable bonds is 8. The molecule has 3 aliphatic rings. The normalized spacial score (nSPS) is 29.2. The molecule has 8 nitrogen and oxygen atoms in total. The van der Waals surface area contributed by atoms with Crippen LogP contribution in [0.5, 0.6) is 0 Å². The maximum atomic E-state index is 12.2. The molecule has 0 spiro atoms. The second kappa shape index (κ2) is 10.5. The van der Waals surface area contributed by atoms with Gasteiger partial charge in [0, 0.05) is 20.2 Å². The molecule has 0 aromatic heterocycles. The second-order valence-corrected chi connectivity index (χ2v) is 7.88. The molecule has 8 heteroatoms. The van der Waals surface area contributed by atoms with E-state index in [-0.39, 0.29) is 36.6 Å². The van der Waals surface area contributed by atoms with Crippen LogP contribution in [0.15, 0.2) is 30.3 Å². The molecule has 30 heavy (non-hydrogen) atoms. The van der Waals surface area contributed by atoms with E-state index in [1.165, 1.54) is 0 Å². The van der Waals surface area contributed by atoms with Crippen molar-refractivity contribution in [2.45, 2.75) is 50.0 Å². The Morgan fingerprint density at radius 3 is 2.40 bits per heavy atom. The third-order valence-corrected chi connectivity index (χ3v) is 5.94. The Hall–Kier alpha value is -1.71. The van der Waals surface area contributed by atoms with Crippen LogP contribution in [0.1, 0.15) is 18.4 Å². The molecule has 0 aliphatic carbocycles. The van der Waals surface area contributed by atoms with Crippen molar-refractivity contribution in [2.75, 3.05) is 46.6 Å². The van der Waals surface area contributed by atoms with Gasteiger partial charge in [-0.1, -0.05) is 30.3 Å². The highest BCUT2D eigenvalue weighted by atomic mass is 16.6. The van der Waals surface area contributed by atoms with E-state index in [1.807, 2.05) is 30.3 Å². The molecule has 1 amide bonds. The zero-order valence-electron chi connectivity index (χ0n) is 17.4. The molecule has 0 unspecified atom stereocenters. The molecule has 1 aromatic carbocycles. The van der Waals surface area contributed by atoms with Crippen molar-refractivity contribution in [1.82, 2.24) is 4.90 Å². The highest BCUT2D eigenvalue weighted by molar-refractivity contribution is 5.67. The van der Waals surface area contributed by atoms with Crippen LogP contribution < -0.4 is 0 Å². The number of amides is 1. The second-order valence-electron chi connectivity index (χ2n) is 7.88. The molecule has 3 heterocycles. The molecular weight excluding hydrogens is 390 g/mol. The van der Waals surface area contributed by atoms with Gasteiger partial charge in [-0.3, -0.25) is 0 Å². The summed E-state index contributed by atoms with van der Waals surface area (Å²) < 4.78 is 34.2. The van der Waals surface area contributed by atoms with Crippen LogP contribution >= 0.6 is 0 Å². The van der Waals surface area contributed by atoms with Crippen LogP contribution in [0, 0.1) is 0 Å². The van der Waals surface area contributed by atoms with Gasteiger partial charge < -0.3 is 33.3 Å². The maximum Gasteiger partial charge on any atom is 0.410 e. The summed E-state index contributed by atoms with van der Waals surface area (Å²) in [7, 11) is 1.68. The molecule has 1 aromatic rings. The van der Waals surface area contributed by atoms with Crippen LogP contribution in [-0.2, 0) is 35.0 Å². The van der Waals surface area contributed by atoms with Gasteiger partial charge in [-0.15, -0.1) is 0 Å². The summed E-state index contributed by atoms with van der Waals surface area (Å²) in [5, 5.41) is 0. The van der Waals surface area contributed by atoms with Crippen molar-refractivity contribution in [3.8, 4) is 0 Å². The van der Waals surface area contributed by atoms with E-state index < -0.39 is 0 Å². The van der Waals surface area contributed by atoms with E-state index in [0.717, 1.165) is 18.4 Å². The van der Waals surface area contributed by atoms with Gasteiger partial charge in [0.05, 0.1) is 32.5 Å². The number of hydrogen-bond donors (Lipinski definition) is 0. The third kappa shape index (κ3) is 5.31. The smallest absolute Gasteiger partial charge is 0.410 e. The number of hydrogen-bond acceptors (Lipinski definition) is 7. The van der Waals surface area contributed by atoms with E-state index in [9.17, 15) is 4.79 Å². The number of ether oxygens (including phenoxy) is 6. The van der Waals surface area contributed by atoms with E-state index >= 15 is 0 Å². The van der Waals surface area contributed by atoms with Gasteiger partial charge in [-0.25, -0.2) is 4.79 Å². The first-order valence-corrected chi connectivity index (χ1v) is 10.7. The van der Waals surface area contributed by atoms with Crippen LogP contribution in [0.2, 0.25) is 0 Å². The van der Waals surface area contributed by atoms with Gasteiger partial charge in [-0.2, -0.15) is 0 Å². The Kier molecular flexibility index (Phi) is 7.57. The average Bonchev–Trinajstić information content (AvgIpc) is 3.38. The summed E-state index contributed by atoms with van der Waals surface area (Å²) in [6, 6.07) is 9.71. The van der Waals surface area contributed by atoms with Gasteiger partial charge in [-0.05, 0) is 18.4 Å². The molecule has 0 bridgehead atoms. The SMILES string of the molecule is CO[C@@H]1CO[C@H]2[C@@H]1OC[C@H]2OCCOC1CCN(C(=O)OCc2ccccc2)CC1. The number of carbonyl (C=O) groups excluding carboxylic acids is 1. The van der Waals surface area contributed by atoms with Crippen LogP contribution in [-0.4, -0.2) is 88.1 Å². The fourth-order valence-electron chi connectivity index (χ4n) is 4.20. The molecule has 4 rings (SSSR count). The Morgan fingerprint density at radius 2 is 1.67 bits per heavy atom. The van der Waals surface area contributed by atoms with Crippen molar-refractivity contribution in [3.63, 3.8) is 0 Å². The van der Waals surface area contributed by atoms with E-state index in [4.69, 9.17) is 28.4 Å². The van der Waals surface area contributed by atoms with Gasteiger partial charge in [0.25, 0.3) is 0 Å². The molecule has 0 saturated carbocycles. The van der Waals surface area contributed by atoms with Crippen LogP contribution in [0.3, 0.4) is 0 Å². The van der Waals surface area contributed by atoms with Crippen molar-refractivity contribution in [3.05, 3.63) is 35.9 Å². The highest BCUT2D eigenvalue weighted by Gasteiger charge is 2.48. The average molecular weight is 421 g/mol. The van der Waals surface area contributed by atoms with Gasteiger partial charge in [0.1, 0.15) is 31.0 Å². The zero-order valence-corrected chi connectivity index (χ0v) is 17.4. The predicted octanol–water partition coefficient (Wildman–Crippen LogP) is 2.00. The summed E-state index contributed by atoms with van der Waals surface area (Å²) in [5.41, 5.74) is 0.990. The summed E-state index contributed by atoms with van der Waals surface area (Å²) in [6.45, 7) is 3.68. The molecular formula is C22H31NO7. The lowest BCUT2D eigenvalue weighted by Gasteiger charge is -2.31. The predicted molar refractivity (Wildman–Crippen MR) is 107 cm³/mol. The summed E-state index contributed by atoms with van der Waals surface area (Å²) >= 11 is 0. The molecule has 3 aliphatic heterocycles. The molecule has 0 N–H and O–H groups in total. The maximum absolute atomic E-state index is 12.2.